The molecule has 7 nitrogen and oxygen atoms in total. The molecular weight excluding hydrogens is 316 g/mol. The first-order chi connectivity index (χ1) is 12.3. The number of aryl methyl sites for hydroxylation is 1. The summed E-state index contributed by atoms with van der Waals surface area (Å²) in [6.45, 7) is 4.52. The molecule has 0 unspecified atom stereocenters. The van der Waals surface area contributed by atoms with Gasteiger partial charge in [0.15, 0.2) is 0 Å². The van der Waals surface area contributed by atoms with Crippen LogP contribution in [0.15, 0.2) is 36.9 Å². The van der Waals surface area contributed by atoms with Crippen molar-refractivity contribution in [1.29, 1.82) is 0 Å². The minimum absolute atomic E-state index is 0.522. The predicted octanol–water partition coefficient (Wildman–Crippen LogP) is 2.42. The van der Waals surface area contributed by atoms with Crippen LogP contribution < -0.4 is 9.64 Å². The van der Waals surface area contributed by atoms with Crippen LogP contribution in [0.1, 0.15) is 18.5 Å². The second-order valence-electron chi connectivity index (χ2n) is 6.34. The molecule has 0 aromatic carbocycles. The Morgan fingerprint density at radius 2 is 2.00 bits per heavy atom. The molecule has 4 heterocycles. The summed E-state index contributed by atoms with van der Waals surface area (Å²) in [4.78, 5) is 15.2. The summed E-state index contributed by atoms with van der Waals surface area (Å²) in [5.74, 6) is 2.12. The van der Waals surface area contributed by atoms with Gasteiger partial charge in [-0.05, 0) is 37.8 Å². The third-order valence-corrected chi connectivity index (χ3v) is 4.57. The monoisotopic (exact) mass is 336 g/mol. The van der Waals surface area contributed by atoms with Gasteiger partial charge in [-0.3, -0.25) is 4.98 Å². The molecule has 0 radical (unpaired) electrons. The largest absolute Gasteiger partial charge is 0.476 e. The van der Waals surface area contributed by atoms with Gasteiger partial charge in [0.25, 0.3) is 0 Å². The maximum atomic E-state index is 5.79. The zero-order valence-corrected chi connectivity index (χ0v) is 14.2. The summed E-state index contributed by atoms with van der Waals surface area (Å²) < 4.78 is 5.79. The summed E-state index contributed by atoms with van der Waals surface area (Å²) in [5.41, 5.74) is 1.78. The molecule has 0 spiro atoms. The average molecular weight is 336 g/mol. The fourth-order valence-corrected chi connectivity index (χ4v) is 3.12. The molecule has 1 saturated heterocycles. The van der Waals surface area contributed by atoms with Crippen molar-refractivity contribution in [2.75, 3.05) is 24.6 Å². The molecule has 3 aromatic rings. The van der Waals surface area contributed by atoms with Gasteiger partial charge in [-0.15, -0.1) is 5.10 Å². The Morgan fingerprint density at radius 1 is 1.12 bits per heavy atom. The van der Waals surface area contributed by atoms with Gasteiger partial charge in [0, 0.05) is 30.7 Å². The van der Waals surface area contributed by atoms with Gasteiger partial charge in [0.2, 0.25) is 5.88 Å². The molecule has 0 saturated carbocycles. The summed E-state index contributed by atoms with van der Waals surface area (Å²) in [5, 5.41) is 9.13. The van der Waals surface area contributed by atoms with Crippen molar-refractivity contribution in [3.8, 4) is 5.88 Å². The number of hydrogen-bond acceptors (Lipinski definition) is 7. The van der Waals surface area contributed by atoms with Gasteiger partial charge in [0.05, 0.1) is 24.0 Å². The highest BCUT2D eigenvalue weighted by atomic mass is 16.5. The third kappa shape index (κ3) is 3.50. The fourth-order valence-electron chi connectivity index (χ4n) is 3.12. The maximum absolute atomic E-state index is 5.79. The molecule has 0 amide bonds. The lowest BCUT2D eigenvalue weighted by Crippen LogP contribution is -2.36. The third-order valence-electron chi connectivity index (χ3n) is 4.57. The lowest BCUT2D eigenvalue weighted by molar-refractivity contribution is 0.214. The first-order valence-corrected chi connectivity index (χ1v) is 8.52. The molecule has 128 valence electrons. The highest BCUT2D eigenvalue weighted by Crippen LogP contribution is 2.27. The van der Waals surface area contributed by atoms with Gasteiger partial charge in [-0.25, -0.2) is 9.97 Å². The quantitative estimate of drug-likeness (QED) is 0.724. The normalized spacial score (nSPS) is 15.5. The van der Waals surface area contributed by atoms with E-state index in [4.69, 9.17) is 4.74 Å². The van der Waals surface area contributed by atoms with Crippen LogP contribution in [-0.4, -0.2) is 44.8 Å². The molecule has 0 bridgehead atoms. The van der Waals surface area contributed by atoms with Crippen molar-refractivity contribution in [3.63, 3.8) is 0 Å². The van der Waals surface area contributed by atoms with E-state index < -0.39 is 0 Å². The van der Waals surface area contributed by atoms with Gasteiger partial charge < -0.3 is 9.64 Å². The molecule has 7 heteroatoms. The van der Waals surface area contributed by atoms with Crippen molar-refractivity contribution in [3.05, 3.63) is 42.6 Å². The number of fused-ring (bicyclic) bond motifs is 1. The second-order valence-corrected chi connectivity index (χ2v) is 6.34. The van der Waals surface area contributed by atoms with Crippen LogP contribution in [0.25, 0.3) is 10.9 Å². The molecule has 0 aliphatic carbocycles. The number of ether oxygens (including phenoxy) is 1. The standard InChI is InChI=1S/C18H20N6O/c1-13-2-3-17(23-22-13)25-11-14-5-8-24(9-6-14)18-15-4-7-19-10-16(15)20-12-21-18/h2-4,7,10,12,14H,5-6,8-9,11H2,1H3. The zero-order chi connectivity index (χ0) is 17.1. The SMILES string of the molecule is Cc1ccc(OCC2CCN(c3ncnc4cnccc34)CC2)nn1. The smallest absolute Gasteiger partial charge is 0.233 e. The van der Waals surface area contributed by atoms with E-state index in [1.807, 2.05) is 25.1 Å². The minimum Gasteiger partial charge on any atom is -0.476 e. The van der Waals surface area contributed by atoms with Crippen molar-refractivity contribution >= 4 is 16.7 Å². The number of piperidine rings is 1. The van der Waals surface area contributed by atoms with E-state index in [9.17, 15) is 0 Å². The van der Waals surface area contributed by atoms with Gasteiger partial charge in [-0.2, -0.15) is 5.10 Å². The Morgan fingerprint density at radius 3 is 2.80 bits per heavy atom. The van der Waals surface area contributed by atoms with Crippen LogP contribution in [0.3, 0.4) is 0 Å². The Balaban J connectivity index is 1.37. The number of aromatic nitrogens is 5. The number of rotatable bonds is 4. The number of hydrogen-bond donors (Lipinski definition) is 0. The summed E-state index contributed by atoms with van der Waals surface area (Å²) in [7, 11) is 0. The summed E-state index contributed by atoms with van der Waals surface area (Å²) in [6, 6.07) is 5.77. The van der Waals surface area contributed by atoms with Crippen LogP contribution >= 0.6 is 0 Å². The predicted molar refractivity (Wildman–Crippen MR) is 94.5 cm³/mol. The molecule has 4 rings (SSSR count). The van der Waals surface area contributed by atoms with Crippen LogP contribution in [-0.2, 0) is 0 Å². The van der Waals surface area contributed by atoms with E-state index in [1.165, 1.54) is 0 Å². The lowest BCUT2D eigenvalue weighted by atomic mass is 9.97. The highest BCUT2D eigenvalue weighted by Gasteiger charge is 2.22. The number of nitrogens with zero attached hydrogens (tertiary/aromatic N) is 6. The molecule has 25 heavy (non-hydrogen) atoms. The second kappa shape index (κ2) is 6.96. The van der Waals surface area contributed by atoms with Gasteiger partial charge in [0.1, 0.15) is 12.1 Å². The maximum Gasteiger partial charge on any atom is 0.233 e. The van der Waals surface area contributed by atoms with Crippen LogP contribution in [0, 0.1) is 12.8 Å². The van der Waals surface area contributed by atoms with Crippen molar-refractivity contribution < 1.29 is 4.74 Å². The molecule has 3 aromatic heterocycles. The summed E-state index contributed by atoms with van der Waals surface area (Å²) >= 11 is 0. The van der Waals surface area contributed by atoms with Crippen LogP contribution in [0.5, 0.6) is 5.88 Å². The molecule has 1 aliphatic heterocycles. The molecule has 0 atom stereocenters. The lowest BCUT2D eigenvalue weighted by Gasteiger charge is -2.33. The van der Waals surface area contributed by atoms with Crippen LogP contribution in [0.2, 0.25) is 0 Å². The molecular formula is C18H20N6O. The van der Waals surface area contributed by atoms with Crippen LogP contribution in [0.4, 0.5) is 5.82 Å². The van der Waals surface area contributed by atoms with E-state index in [-0.39, 0.29) is 0 Å². The van der Waals surface area contributed by atoms with E-state index >= 15 is 0 Å². The number of pyridine rings is 1. The molecule has 1 fully saturated rings. The Kier molecular flexibility index (Phi) is 4.37. The van der Waals surface area contributed by atoms with E-state index in [0.29, 0.717) is 18.4 Å². The van der Waals surface area contributed by atoms with Crippen molar-refractivity contribution in [2.45, 2.75) is 19.8 Å². The summed E-state index contributed by atoms with van der Waals surface area (Å²) in [6.07, 6.45) is 7.32. The molecule has 0 N–H and O–H groups in total. The average Bonchev–Trinajstić information content (AvgIpc) is 2.68. The number of anilines is 1. The van der Waals surface area contributed by atoms with Crippen molar-refractivity contribution in [2.24, 2.45) is 5.92 Å². The Hall–Kier alpha value is -2.83. The van der Waals surface area contributed by atoms with E-state index in [1.54, 1.807) is 18.7 Å². The Labute approximate surface area is 146 Å². The minimum atomic E-state index is 0.522. The van der Waals surface area contributed by atoms with Gasteiger partial charge in [-0.1, -0.05) is 0 Å². The molecule has 1 aliphatic rings. The zero-order valence-electron chi connectivity index (χ0n) is 14.2. The first-order valence-electron chi connectivity index (χ1n) is 8.52. The van der Waals surface area contributed by atoms with E-state index in [2.05, 4.69) is 30.0 Å². The van der Waals surface area contributed by atoms with E-state index in [0.717, 1.165) is 48.3 Å². The Bertz CT molecular complexity index is 840. The first kappa shape index (κ1) is 15.7. The topological polar surface area (TPSA) is 76.9 Å². The fraction of sp³-hybridized carbons (Fsp3) is 0.389. The van der Waals surface area contributed by atoms with Crippen molar-refractivity contribution in [1.82, 2.24) is 25.1 Å². The highest BCUT2D eigenvalue weighted by molar-refractivity contribution is 5.88. The van der Waals surface area contributed by atoms with Gasteiger partial charge >= 0.3 is 0 Å².